The van der Waals surface area contributed by atoms with Gasteiger partial charge in [0, 0.05) is 27.7 Å². The van der Waals surface area contributed by atoms with Gasteiger partial charge in [-0.15, -0.1) is 0 Å². The average Bonchev–Trinajstić information content (AvgIpc) is 2.45. The van der Waals surface area contributed by atoms with Gasteiger partial charge in [0.05, 0.1) is 19.6 Å². The topological polar surface area (TPSA) is 81.2 Å². The number of likely N-dealkylation sites (N-methyl/N-ethyl adjacent to an activating group) is 4. The Morgan fingerprint density at radius 1 is 0.739 bits per heavy atom. The van der Waals surface area contributed by atoms with Gasteiger partial charge in [-0.1, -0.05) is 0 Å². The zero-order valence-electron chi connectivity index (χ0n) is 15.3. The van der Waals surface area contributed by atoms with Gasteiger partial charge in [0.2, 0.25) is 17.7 Å². The normalized spacial score (nSPS) is 9.57. The van der Waals surface area contributed by atoms with Gasteiger partial charge in [0.1, 0.15) is 6.29 Å². The van der Waals surface area contributed by atoms with E-state index in [1.165, 1.54) is 16.7 Å². The van der Waals surface area contributed by atoms with E-state index in [-0.39, 0.29) is 37.4 Å². The molecule has 0 aliphatic heterocycles. The molecule has 0 radical (unpaired) electrons. The van der Waals surface area contributed by atoms with Crippen LogP contribution in [0.25, 0.3) is 0 Å². The Morgan fingerprint density at radius 3 is 1.35 bits per heavy atom. The fourth-order valence-corrected chi connectivity index (χ4v) is 1.39. The van der Waals surface area contributed by atoms with Crippen LogP contribution in [0.1, 0.15) is 13.8 Å². The van der Waals surface area contributed by atoms with Crippen LogP contribution >= 0.6 is 0 Å². The minimum Gasteiger partial charge on any atom is -0.345 e. The fourth-order valence-electron chi connectivity index (χ4n) is 1.39. The van der Waals surface area contributed by atoms with Crippen LogP contribution in [-0.4, -0.2) is 105 Å². The number of hydrogen-bond acceptors (Lipinski definition) is 5. The van der Waals surface area contributed by atoms with Gasteiger partial charge in [0.15, 0.2) is 0 Å². The molecule has 0 N–H and O–H groups in total. The fraction of sp³-hybridized carbons (Fsp3) is 0.733. The Balaban J connectivity index is 0. The average molecular weight is 330 g/mol. The van der Waals surface area contributed by atoms with Crippen molar-refractivity contribution in [2.24, 2.45) is 0 Å². The van der Waals surface area contributed by atoms with E-state index in [9.17, 15) is 14.4 Å². The SMILES string of the molecule is CC=O.CCN(C)C(=O)CN(C)C(=O)CN(C)C(=O)CN(C)C. The van der Waals surface area contributed by atoms with Crippen LogP contribution in [0.2, 0.25) is 0 Å². The monoisotopic (exact) mass is 330 g/mol. The van der Waals surface area contributed by atoms with E-state index >= 15 is 0 Å². The maximum absolute atomic E-state index is 11.9. The van der Waals surface area contributed by atoms with Crippen LogP contribution in [0, 0.1) is 0 Å². The van der Waals surface area contributed by atoms with Crippen molar-refractivity contribution in [1.82, 2.24) is 19.6 Å². The highest BCUT2D eigenvalue weighted by Gasteiger charge is 2.19. The van der Waals surface area contributed by atoms with Crippen molar-refractivity contribution in [2.75, 3.05) is 61.4 Å². The predicted octanol–water partition coefficient (Wildman–Crippen LogP) is -0.852. The molecule has 0 saturated carbocycles. The molecule has 23 heavy (non-hydrogen) atoms. The Bertz CT molecular complexity index is 399. The highest BCUT2D eigenvalue weighted by Crippen LogP contribution is 1.94. The molecular formula is C15H30N4O4. The summed E-state index contributed by atoms with van der Waals surface area (Å²) >= 11 is 0. The molecule has 0 aromatic rings. The number of aldehydes is 1. The largest absolute Gasteiger partial charge is 0.345 e. The van der Waals surface area contributed by atoms with E-state index in [4.69, 9.17) is 4.79 Å². The molecule has 3 amide bonds. The first-order chi connectivity index (χ1) is 10.6. The summed E-state index contributed by atoms with van der Waals surface area (Å²) in [6, 6.07) is 0. The van der Waals surface area contributed by atoms with Crippen molar-refractivity contribution >= 4 is 24.0 Å². The second kappa shape index (κ2) is 12.6. The lowest BCUT2D eigenvalue weighted by Crippen LogP contribution is -2.45. The third kappa shape index (κ3) is 11.3. The minimum atomic E-state index is -0.252. The second-order valence-electron chi connectivity index (χ2n) is 5.38. The van der Waals surface area contributed by atoms with Gasteiger partial charge in [-0.05, 0) is 27.9 Å². The Labute approximate surface area is 139 Å². The molecule has 0 aromatic heterocycles. The van der Waals surface area contributed by atoms with Crippen molar-refractivity contribution in [1.29, 1.82) is 0 Å². The number of carbonyl (C=O) groups excluding carboxylic acids is 4. The van der Waals surface area contributed by atoms with Crippen molar-refractivity contribution in [3.8, 4) is 0 Å². The van der Waals surface area contributed by atoms with E-state index in [0.717, 1.165) is 6.29 Å². The summed E-state index contributed by atoms with van der Waals surface area (Å²) in [5.41, 5.74) is 0. The van der Waals surface area contributed by atoms with Gasteiger partial charge in [0.25, 0.3) is 0 Å². The van der Waals surface area contributed by atoms with Crippen LogP contribution in [0.3, 0.4) is 0 Å². The molecule has 0 spiro atoms. The zero-order chi connectivity index (χ0) is 18.6. The predicted molar refractivity (Wildman–Crippen MR) is 88.9 cm³/mol. The molecule has 0 atom stereocenters. The van der Waals surface area contributed by atoms with Crippen molar-refractivity contribution < 1.29 is 19.2 Å². The molecular weight excluding hydrogens is 300 g/mol. The Hall–Kier alpha value is -1.96. The van der Waals surface area contributed by atoms with E-state index in [1.807, 2.05) is 6.92 Å². The lowest BCUT2D eigenvalue weighted by Gasteiger charge is -2.24. The van der Waals surface area contributed by atoms with E-state index in [1.54, 1.807) is 45.0 Å². The first-order valence-electron chi connectivity index (χ1n) is 7.36. The highest BCUT2D eigenvalue weighted by molar-refractivity contribution is 5.88. The van der Waals surface area contributed by atoms with Crippen molar-refractivity contribution in [3.05, 3.63) is 0 Å². The third-order valence-corrected chi connectivity index (χ3v) is 2.95. The third-order valence-electron chi connectivity index (χ3n) is 2.95. The summed E-state index contributed by atoms with van der Waals surface area (Å²) in [7, 11) is 8.41. The van der Waals surface area contributed by atoms with E-state index in [2.05, 4.69) is 0 Å². The zero-order valence-corrected chi connectivity index (χ0v) is 15.3. The van der Waals surface area contributed by atoms with Crippen LogP contribution in [0.5, 0.6) is 0 Å². The minimum absolute atomic E-state index is 0.0215. The van der Waals surface area contributed by atoms with Gasteiger partial charge in [-0.3, -0.25) is 14.4 Å². The first kappa shape index (κ1) is 23.3. The molecule has 0 unspecified atom stereocenters. The molecule has 0 bridgehead atoms. The summed E-state index contributed by atoms with van der Waals surface area (Å²) in [5, 5.41) is 0. The molecule has 0 aliphatic rings. The van der Waals surface area contributed by atoms with Crippen LogP contribution in [-0.2, 0) is 19.2 Å². The number of rotatable bonds is 7. The smallest absolute Gasteiger partial charge is 0.242 e. The molecule has 0 saturated heterocycles. The van der Waals surface area contributed by atoms with Gasteiger partial charge >= 0.3 is 0 Å². The summed E-state index contributed by atoms with van der Waals surface area (Å²) in [4.78, 5) is 50.2. The maximum Gasteiger partial charge on any atom is 0.242 e. The molecule has 8 nitrogen and oxygen atoms in total. The Kier molecular flexibility index (Phi) is 12.7. The van der Waals surface area contributed by atoms with Crippen LogP contribution in [0.4, 0.5) is 0 Å². The maximum atomic E-state index is 11.9. The standard InChI is InChI=1S/C13H26N4O3.C2H4O/c1-7-15(4)12(19)9-17(6)13(20)10-16(5)11(18)8-14(2)3;1-2-3/h7-10H2,1-6H3;2H,1H3. The molecule has 0 aliphatic carbocycles. The van der Waals surface area contributed by atoms with Gasteiger partial charge in [-0.2, -0.15) is 0 Å². The van der Waals surface area contributed by atoms with Crippen LogP contribution in [0.15, 0.2) is 0 Å². The number of hydrogen-bond donors (Lipinski definition) is 0. The summed E-state index contributed by atoms with van der Waals surface area (Å²) in [6.45, 7) is 4.17. The van der Waals surface area contributed by atoms with E-state index < -0.39 is 0 Å². The lowest BCUT2D eigenvalue weighted by molar-refractivity contribution is -0.142. The molecule has 0 rings (SSSR count). The van der Waals surface area contributed by atoms with Gasteiger partial charge in [-0.25, -0.2) is 0 Å². The summed E-state index contributed by atoms with van der Waals surface area (Å²) in [6.07, 6.45) is 0.750. The molecule has 8 heteroatoms. The Morgan fingerprint density at radius 2 is 1.04 bits per heavy atom. The second-order valence-corrected chi connectivity index (χ2v) is 5.38. The number of nitrogens with zero attached hydrogens (tertiary/aromatic N) is 4. The van der Waals surface area contributed by atoms with Gasteiger partial charge < -0.3 is 24.4 Å². The first-order valence-corrected chi connectivity index (χ1v) is 7.36. The van der Waals surface area contributed by atoms with Crippen molar-refractivity contribution in [2.45, 2.75) is 13.8 Å². The number of carbonyl (C=O) groups is 4. The van der Waals surface area contributed by atoms with Crippen molar-refractivity contribution in [3.63, 3.8) is 0 Å². The van der Waals surface area contributed by atoms with Crippen LogP contribution < -0.4 is 0 Å². The van der Waals surface area contributed by atoms with E-state index in [0.29, 0.717) is 6.54 Å². The number of amides is 3. The molecule has 134 valence electrons. The quantitative estimate of drug-likeness (QED) is 0.568. The molecule has 0 heterocycles. The lowest BCUT2D eigenvalue weighted by atomic mass is 10.4. The highest BCUT2D eigenvalue weighted by atomic mass is 16.2. The summed E-state index contributed by atoms with van der Waals surface area (Å²) < 4.78 is 0. The molecule has 0 fully saturated rings. The summed E-state index contributed by atoms with van der Waals surface area (Å²) in [5.74, 6) is -0.503. The molecule has 0 aromatic carbocycles.